The number of amides is 1. The third kappa shape index (κ3) is 3.95. The molecule has 1 aromatic rings. The van der Waals surface area contributed by atoms with Gasteiger partial charge in [-0.2, -0.15) is 0 Å². The first-order valence-corrected chi connectivity index (χ1v) is 7.35. The highest BCUT2D eigenvalue weighted by Crippen LogP contribution is 2.20. The van der Waals surface area contributed by atoms with Crippen LogP contribution in [0.4, 0.5) is 0 Å². The molecule has 3 N–H and O–H groups in total. The van der Waals surface area contributed by atoms with Crippen molar-refractivity contribution in [2.24, 2.45) is 11.7 Å². The first kappa shape index (κ1) is 15.3. The summed E-state index contributed by atoms with van der Waals surface area (Å²) in [4.78, 5) is 12.2. The Bertz CT molecular complexity index is 461. The lowest BCUT2D eigenvalue weighted by atomic mass is 9.91. The number of rotatable bonds is 4. The summed E-state index contributed by atoms with van der Waals surface area (Å²) in [6.45, 7) is 3.31. The molecule has 1 amide bonds. The molecule has 1 aromatic carbocycles. The van der Waals surface area contributed by atoms with Crippen molar-refractivity contribution < 1.29 is 9.53 Å². The third-order valence-electron chi connectivity index (χ3n) is 3.78. The number of carbonyl (C=O) groups is 1. The van der Waals surface area contributed by atoms with Gasteiger partial charge in [-0.25, -0.2) is 0 Å². The Morgan fingerprint density at radius 1 is 1.45 bits per heavy atom. The number of halogens is 1. The maximum absolute atomic E-state index is 12.2. The Morgan fingerprint density at radius 2 is 2.15 bits per heavy atom. The van der Waals surface area contributed by atoms with Crippen LogP contribution in [0.2, 0.25) is 5.02 Å². The van der Waals surface area contributed by atoms with Gasteiger partial charge < -0.3 is 15.8 Å². The number of carbonyl (C=O) groups excluding carboxylic acids is 1. The molecule has 5 heteroatoms. The second-order valence-corrected chi connectivity index (χ2v) is 5.70. The smallest absolute Gasteiger partial charge is 0.237 e. The fraction of sp³-hybridized carbons (Fsp3) is 0.533. The number of nitrogens with two attached hydrogens (primary N) is 1. The van der Waals surface area contributed by atoms with E-state index in [9.17, 15) is 4.79 Å². The molecule has 4 nitrogen and oxygen atoms in total. The van der Waals surface area contributed by atoms with Crippen LogP contribution in [-0.4, -0.2) is 25.2 Å². The molecule has 2 unspecified atom stereocenters. The molecule has 0 aromatic heterocycles. The largest absolute Gasteiger partial charge is 0.381 e. The Kier molecular flexibility index (Phi) is 5.40. The van der Waals surface area contributed by atoms with Crippen LogP contribution < -0.4 is 11.1 Å². The van der Waals surface area contributed by atoms with Gasteiger partial charge in [-0.1, -0.05) is 23.7 Å². The van der Waals surface area contributed by atoms with Crippen LogP contribution in [0.1, 0.15) is 31.4 Å². The van der Waals surface area contributed by atoms with E-state index in [0.717, 1.165) is 18.4 Å². The zero-order chi connectivity index (χ0) is 14.5. The maximum atomic E-state index is 12.2. The molecule has 1 heterocycles. The van der Waals surface area contributed by atoms with Crippen LogP contribution in [0.15, 0.2) is 24.3 Å². The van der Waals surface area contributed by atoms with Crippen molar-refractivity contribution in [3.63, 3.8) is 0 Å². The van der Waals surface area contributed by atoms with Crippen molar-refractivity contribution in [1.82, 2.24) is 5.32 Å². The molecule has 20 heavy (non-hydrogen) atoms. The summed E-state index contributed by atoms with van der Waals surface area (Å²) < 4.78 is 5.29. The molecule has 1 aliphatic rings. The van der Waals surface area contributed by atoms with E-state index in [1.165, 1.54) is 0 Å². The Balaban J connectivity index is 1.93. The van der Waals surface area contributed by atoms with Crippen molar-refractivity contribution in [1.29, 1.82) is 0 Å². The van der Waals surface area contributed by atoms with Crippen LogP contribution in [0.25, 0.3) is 0 Å². The second kappa shape index (κ2) is 7.07. The van der Waals surface area contributed by atoms with E-state index in [1.807, 2.05) is 31.2 Å². The SMILES string of the molecule is CC(NC(=O)C(N)C1CCOCC1)c1cccc(Cl)c1. The quantitative estimate of drug-likeness (QED) is 0.896. The van der Waals surface area contributed by atoms with E-state index < -0.39 is 6.04 Å². The molecule has 0 saturated carbocycles. The third-order valence-corrected chi connectivity index (χ3v) is 4.02. The topological polar surface area (TPSA) is 64.4 Å². The second-order valence-electron chi connectivity index (χ2n) is 5.26. The molecule has 0 radical (unpaired) electrons. The monoisotopic (exact) mass is 296 g/mol. The van der Waals surface area contributed by atoms with Gasteiger partial charge in [0.25, 0.3) is 0 Å². The molecule has 2 atom stereocenters. The van der Waals surface area contributed by atoms with Gasteiger partial charge in [-0.05, 0) is 43.4 Å². The van der Waals surface area contributed by atoms with Crippen LogP contribution in [0.3, 0.4) is 0 Å². The highest BCUT2D eigenvalue weighted by atomic mass is 35.5. The van der Waals surface area contributed by atoms with Gasteiger partial charge in [0.15, 0.2) is 0 Å². The lowest BCUT2D eigenvalue weighted by Crippen LogP contribution is -2.47. The number of ether oxygens (including phenoxy) is 1. The summed E-state index contributed by atoms with van der Waals surface area (Å²) in [5, 5.41) is 3.62. The summed E-state index contributed by atoms with van der Waals surface area (Å²) in [6.07, 6.45) is 1.69. The minimum Gasteiger partial charge on any atom is -0.381 e. The summed E-state index contributed by atoms with van der Waals surface area (Å²) in [6, 6.07) is 6.91. The summed E-state index contributed by atoms with van der Waals surface area (Å²) in [7, 11) is 0. The van der Waals surface area contributed by atoms with Crippen LogP contribution >= 0.6 is 11.6 Å². The lowest BCUT2D eigenvalue weighted by Gasteiger charge is -2.28. The molecular weight excluding hydrogens is 276 g/mol. The van der Waals surface area contributed by atoms with Gasteiger partial charge in [0.05, 0.1) is 12.1 Å². The zero-order valence-corrected chi connectivity index (χ0v) is 12.4. The zero-order valence-electron chi connectivity index (χ0n) is 11.6. The van der Waals surface area contributed by atoms with Crippen LogP contribution in [0.5, 0.6) is 0 Å². The maximum Gasteiger partial charge on any atom is 0.237 e. The predicted octanol–water partition coefficient (Wildman–Crippen LogP) is 2.27. The standard InChI is InChI=1S/C15H21ClN2O2/c1-10(12-3-2-4-13(16)9-12)18-15(19)14(17)11-5-7-20-8-6-11/h2-4,9-11,14H,5-8,17H2,1H3,(H,18,19). The average Bonchev–Trinajstić information content (AvgIpc) is 2.47. The Morgan fingerprint density at radius 3 is 2.80 bits per heavy atom. The van der Waals surface area contributed by atoms with Crippen molar-refractivity contribution in [2.75, 3.05) is 13.2 Å². The highest BCUT2D eigenvalue weighted by Gasteiger charge is 2.27. The average molecular weight is 297 g/mol. The highest BCUT2D eigenvalue weighted by molar-refractivity contribution is 6.30. The fourth-order valence-electron chi connectivity index (χ4n) is 2.46. The molecule has 0 bridgehead atoms. The normalized spacial score (nSPS) is 19.4. The van der Waals surface area contributed by atoms with E-state index in [2.05, 4.69) is 5.32 Å². The van der Waals surface area contributed by atoms with Crippen LogP contribution in [0, 0.1) is 5.92 Å². The molecule has 0 aliphatic carbocycles. The molecule has 1 saturated heterocycles. The Hall–Kier alpha value is -1.10. The predicted molar refractivity (Wildman–Crippen MR) is 79.5 cm³/mol. The Labute approximate surface area is 124 Å². The van der Waals surface area contributed by atoms with Gasteiger partial charge in [-0.3, -0.25) is 4.79 Å². The van der Waals surface area contributed by atoms with Gasteiger partial charge in [0.1, 0.15) is 0 Å². The van der Waals surface area contributed by atoms with Crippen molar-refractivity contribution in [3.8, 4) is 0 Å². The molecule has 1 fully saturated rings. The van der Waals surface area contributed by atoms with E-state index in [1.54, 1.807) is 0 Å². The minimum atomic E-state index is -0.472. The van der Waals surface area contributed by atoms with E-state index >= 15 is 0 Å². The molecule has 1 aliphatic heterocycles. The number of hydrogen-bond acceptors (Lipinski definition) is 3. The van der Waals surface area contributed by atoms with Crippen LogP contribution in [-0.2, 0) is 9.53 Å². The first-order valence-electron chi connectivity index (χ1n) is 6.97. The molecule has 2 rings (SSSR count). The van der Waals surface area contributed by atoms with Crippen molar-refractivity contribution >= 4 is 17.5 Å². The van der Waals surface area contributed by atoms with E-state index in [-0.39, 0.29) is 17.9 Å². The molecular formula is C15H21ClN2O2. The van der Waals surface area contributed by atoms with Gasteiger partial charge >= 0.3 is 0 Å². The van der Waals surface area contributed by atoms with Crippen molar-refractivity contribution in [3.05, 3.63) is 34.9 Å². The minimum absolute atomic E-state index is 0.105. The number of hydrogen-bond donors (Lipinski definition) is 2. The first-order chi connectivity index (χ1) is 9.58. The molecule has 110 valence electrons. The van der Waals surface area contributed by atoms with Gasteiger partial charge in [0, 0.05) is 18.2 Å². The van der Waals surface area contributed by atoms with Gasteiger partial charge in [0.2, 0.25) is 5.91 Å². The molecule has 0 spiro atoms. The van der Waals surface area contributed by atoms with Gasteiger partial charge in [-0.15, -0.1) is 0 Å². The van der Waals surface area contributed by atoms with E-state index in [4.69, 9.17) is 22.1 Å². The number of benzene rings is 1. The van der Waals surface area contributed by atoms with Crippen molar-refractivity contribution in [2.45, 2.75) is 31.8 Å². The summed E-state index contributed by atoms with van der Waals surface area (Å²) in [5.41, 5.74) is 7.03. The lowest BCUT2D eigenvalue weighted by molar-refractivity contribution is -0.125. The number of nitrogens with one attached hydrogen (secondary N) is 1. The summed E-state index contributed by atoms with van der Waals surface area (Å²) >= 11 is 5.96. The fourth-order valence-corrected chi connectivity index (χ4v) is 2.66. The summed E-state index contributed by atoms with van der Waals surface area (Å²) in [5.74, 6) is 0.0969. The van der Waals surface area contributed by atoms with E-state index in [0.29, 0.717) is 18.2 Å².